The summed E-state index contributed by atoms with van der Waals surface area (Å²) in [7, 11) is 0. The number of halogens is 1. The first-order valence-corrected chi connectivity index (χ1v) is 3.83. The molecule has 1 N–H and O–H groups in total. The standard InChI is InChI=1S/C5H6BrN3O2/c1-2-3-7-4(6)5(8-3)9(10)11/h2H2,1H3,(H,7,8). The normalized spacial score (nSPS) is 10.0. The molecule has 0 aliphatic heterocycles. The lowest BCUT2D eigenvalue weighted by molar-refractivity contribution is -0.390. The second-order valence-corrected chi connectivity index (χ2v) is 2.68. The van der Waals surface area contributed by atoms with Crippen molar-refractivity contribution < 1.29 is 4.92 Å². The highest BCUT2D eigenvalue weighted by molar-refractivity contribution is 9.10. The van der Waals surface area contributed by atoms with E-state index in [2.05, 4.69) is 25.9 Å². The molecule has 0 amide bonds. The Morgan fingerprint density at radius 1 is 1.82 bits per heavy atom. The second kappa shape index (κ2) is 3.00. The summed E-state index contributed by atoms with van der Waals surface area (Å²) in [5, 5.41) is 10.3. The number of hydrogen-bond donors (Lipinski definition) is 1. The van der Waals surface area contributed by atoms with Crippen LogP contribution in [0.5, 0.6) is 0 Å². The van der Waals surface area contributed by atoms with Crippen LogP contribution in [0.4, 0.5) is 5.82 Å². The lowest BCUT2D eigenvalue weighted by Crippen LogP contribution is -1.88. The molecule has 0 radical (unpaired) electrons. The minimum Gasteiger partial charge on any atom is -0.358 e. The number of rotatable bonds is 2. The van der Waals surface area contributed by atoms with Crippen LogP contribution in [0.15, 0.2) is 4.60 Å². The number of nitrogens with zero attached hydrogens (tertiary/aromatic N) is 2. The van der Waals surface area contributed by atoms with Crippen LogP contribution in [0.25, 0.3) is 0 Å². The van der Waals surface area contributed by atoms with Gasteiger partial charge < -0.3 is 10.1 Å². The van der Waals surface area contributed by atoms with E-state index in [4.69, 9.17) is 0 Å². The summed E-state index contributed by atoms with van der Waals surface area (Å²) in [5.41, 5.74) is 0. The molecule has 11 heavy (non-hydrogen) atoms. The van der Waals surface area contributed by atoms with Gasteiger partial charge in [-0.25, -0.2) is 4.98 Å². The molecule has 0 spiro atoms. The molecular formula is C5H6BrN3O2. The maximum atomic E-state index is 10.3. The smallest absolute Gasteiger partial charge is 0.355 e. The molecule has 6 heteroatoms. The predicted octanol–water partition coefficient (Wildman–Crippen LogP) is 1.64. The lowest BCUT2D eigenvalue weighted by Gasteiger charge is -1.86. The Bertz CT molecular complexity index is 283. The Labute approximate surface area is 71.1 Å². The van der Waals surface area contributed by atoms with Crippen LogP contribution in [0, 0.1) is 10.1 Å². The van der Waals surface area contributed by atoms with Crippen molar-refractivity contribution in [1.82, 2.24) is 9.97 Å². The fourth-order valence-corrected chi connectivity index (χ4v) is 1.13. The quantitative estimate of drug-likeness (QED) is 0.608. The third-order valence-electron chi connectivity index (χ3n) is 1.21. The highest BCUT2D eigenvalue weighted by atomic mass is 79.9. The number of imidazole rings is 1. The van der Waals surface area contributed by atoms with Crippen molar-refractivity contribution in [3.8, 4) is 0 Å². The van der Waals surface area contributed by atoms with Crippen LogP contribution in [0.2, 0.25) is 0 Å². The van der Waals surface area contributed by atoms with E-state index in [1.807, 2.05) is 6.92 Å². The largest absolute Gasteiger partial charge is 0.358 e. The van der Waals surface area contributed by atoms with Crippen molar-refractivity contribution in [2.45, 2.75) is 13.3 Å². The average molecular weight is 220 g/mol. The zero-order valence-corrected chi connectivity index (χ0v) is 7.38. The van der Waals surface area contributed by atoms with Gasteiger partial charge in [0, 0.05) is 6.42 Å². The summed E-state index contributed by atoms with van der Waals surface area (Å²) >= 11 is 2.97. The summed E-state index contributed by atoms with van der Waals surface area (Å²) < 4.78 is 0.263. The number of nitrogens with one attached hydrogen (secondary N) is 1. The van der Waals surface area contributed by atoms with Crippen molar-refractivity contribution in [3.63, 3.8) is 0 Å². The fourth-order valence-electron chi connectivity index (χ4n) is 0.676. The highest BCUT2D eigenvalue weighted by Crippen LogP contribution is 2.20. The molecule has 0 aliphatic rings. The van der Waals surface area contributed by atoms with Gasteiger partial charge in [0.15, 0.2) is 5.82 Å². The van der Waals surface area contributed by atoms with Gasteiger partial charge in [-0.3, -0.25) is 0 Å². The Hall–Kier alpha value is -0.910. The molecule has 0 aliphatic carbocycles. The van der Waals surface area contributed by atoms with Crippen LogP contribution in [0.3, 0.4) is 0 Å². The van der Waals surface area contributed by atoms with Crippen LogP contribution >= 0.6 is 15.9 Å². The van der Waals surface area contributed by atoms with E-state index in [0.29, 0.717) is 12.2 Å². The van der Waals surface area contributed by atoms with Gasteiger partial charge >= 0.3 is 5.82 Å². The van der Waals surface area contributed by atoms with E-state index in [1.165, 1.54) is 0 Å². The summed E-state index contributed by atoms with van der Waals surface area (Å²) in [6.45, 7) is 1.87. The number of nitro groups is 1. The number of aromatic amines is 1. The number of hydrogen-bond acceptors (Lipinski definition) is 3. The van der Waals surface area contributed by atoms with Gasteiger partial charge in [0.25, 0.3) is 0 Å². The van der Waals surface area contributed by atoms with E-state index >= 15 is 0 Å². The van der Waals surface area contributed by atoms with Crippen molar-refractivity contribution in [2.75, 3.05) is 0 Å². The van der Waals surface area contributed by atoms with E-state index in [0.717, 1.165) is 0 Å². The van der Waals surface area contributed by atoms with Gasteiger partial charge in [-0.1, -0.05) is 6.92 Å². The molecule has 1 rings (SSSR count). The van der Waals surface area contributed by atoms with E-state index in [1.54, 1.807) is 0 Å². The topological polar surface area (TPSA) is 71.8 Å². The van der Waals surface area contributed by atoms with Gasteiger partial charge in [-0.2, -0.15) is 4.98 Å². The molecule has 1 aromatic heterocycles. The van der Waals surface area contributed by atoms with Gasteiger partial charge in [0.1, 0.15) is 0 Å². The number of aromatic nitrogens is 2. The van der Waals surface area contributed by atoms with E-state index in [-0.39, 0.29) is 10.4 Å². The summed E-state index contributed by atoms with van der Waals surface area (Å²) in [4.78, 5) is 16.2. The van der Waals surface area contributed by atoms with Crippen molar-refractivity contribution in [1.29, 1.82) is 0 Å². The van der Waals surface area contributed by atoms with Gasteiger partial charge in [0.05, 0.1) is 0 Å². The highest BCUT2D eigenvalue weighted by Gasteiger charge is 2.15. The molecule has 5 nitrogen and oxygen atoms in total. The maximum Gasteiger partial charge on any atom is 0.355 e. The molecule has 0 aromatic carbocycles. The third kappa shape index (κ3) is 1.56. The van der Waals surface area contributed by atoms with E-state index < -0.39 is 4.92 Å². The Morgan fingerprint density at radius 2 is 2.45 bits per heavy atom. The second-order valence-electron chi connectivity index (χ2n) is 1.93. The van der Waals surface area contributed by atoms with E-state index in [9.17, 15) is 10.1 Å². The van der Waals surface area contributed by atoms with Crippen LogP contribution in [-0.2, 0) is 6.42 Å². The molecule has 1 heterocycles. The molecule has 0 unspecified atom stereocenters. The van der Waals surface area contributed by atoms with Crippen LogP contribution < -0.4 is 0 Å². The average Bonchev–Trinajstić information content (AvgIpc) is 2.30. The molecular weight excluding hydrogens is 214 g/mol. The first-order chi connectivity index (χ1) is 5.15. The van der Waals surface area contributed by atoms with Crippen LogP contribution in [0.1, 0.15) is 12.7 Å². The van der Waals surface area contributed by atoms with Gasteiger partial charge in [-0.15, -0.1) is 0 Å². The Kier molecular flexibility index (Phi) is 2.23. The SMILES string of the molecule is CCc1nc(Br)c([N+](=O)[O-])[nH]1. The summed E-state index contributed by atoms with van der Waals surface area (Å²) in [6, 6.07) is 0. The summed E-state index contributed by atoms with van der Waals surface area (Å²) in [5.74, 6) is 0.533. The molecule has 60 valence electrons. The van der Waals surface area contributed by atoms with Crippen molar-refractivity contribution in [2.24, 2.45) is 0 Å². The molecule has 0 saturated carbocycles. The van der Waals surface area contributed by atoms with Gasteiger partial charge in [-0.05, 0) is 20.9 Å². The maximum absolute atomic E-state index is 10.3. The first-order valence-electron chi connectivity index (χ1n) is 3.04. The van der Waals surface area contributed by atoms with Gasteiger partial charge in [0.2, 0.25) is 4.60 Å². The summed E-state index contributed by atoms with van der Waals surface area (Å²) in [6.07, 6.45) is 0.659. The zero-order chi connectivity index (χ0) is 8.43. The number of H-pyrrole nitrogens is 1. The zero-order valence-electron chi connectivity index (χ0n) is 5.80. The molecule has 1 aromatic rings. The molecule has 0 saturated heterocycles. The minimum absolute atomic E-state index is 0.0816. The van der Waals surface area contributed by atoms with Crippen molar-refractivity contribution in [3.05, 3.63) is 20.5 Å². The predicted molar refractivity (Wildman–Crippen MR) is 42.3 cm³/mol. The Morgan fingerprint density at radius 3 is 2.73 bits per heavy atom. The third-order valence-corrected chi connectivity index (χ3v) is 1.76. The molecule has 0 fully saturated rings. The fraction of sp³-hybridized carbons (Fsp3) is 0.400. The first kappa shape index (κ1) is 8.19. The van der Waals surface area contributed by atoms with Crippen molar-refractivity contribution >= 4 is 21.7 Å². The van der Waals surface area contributed by atoms with Crippen LogP contribution in [-0.4, -0.2) is 14.9 Å². The molecule has 0 atom stereocenters. The Balaban J connectivity index is 3.07. The lowest BCUT2D eigenvalue weighted by atomic mass is 10.5. The molecule has 0 bridgehead atoms. The minimum atomic E-state index is -0.504. The number of aryl methyl sites for hydroxylation is 1. The monoisotopic (exact) mass is 219 g/mol.